The zero-order valence-electron chi connectivity index (χ0n) is 15.1. The largest absolute Gasteiger partial charge is 0.354 e. The molecule has 0 aromatic heterocycles. The highest BCUT2D eigenvalue weighted by molar-refractivity contribution is 6.30. The van der Waals surface area contributed by atoms with Crippen molar-refractivity contribution in [1.29, 1.82) is 0 Å². The summed E-state index contributed by atoms with van der Waals surface area (Å²) in [5.74, 6) is 2.21. The lowest BCUT2D eigenvalue weighted by atomic mass is 9.49. The molecule has 4 fully saturated rings. The van der Waals surface area contributed by atoms with E-state index in [4.69, 9.17) is 11.6 Å². The average molecular weight is 375 g/mol. The summed E-state index contributed by atoms with van der Waals surface area (Å²) < 4.78 is 0. The molecule has 5 heteroatoms. The van der Waals surface area contributed by atoms with Crippen LogP contribution in [0.2, 0.25) is 5.02 Å². The van der Waals surface area contributed by atoms with E-state index < -0.39 is 0 Å². The summed E-state index contributed by atoms with van der Waals surface area (Å²) in [4.78, 5) is 24.9. The zero-order chi connectivity index (χ0) is 18.1. The van der Waals surface area contributed by atoms with Gasteiger partial charge in [-0.15, -0.1) is 0 Å². The third kappa shape index (κ3) is 3.75. The third-order valence-electron chi connectivity index (χ3n) is 6.58. The van der Waals surface area contributed by atoms with Gasteiger partial charge >= 0.3 is 0 Å². The number of carbonyl (C=O) groups is 2. The molecule has 5 rings (SSSR count). The van der Waals surface area contributed by atoms with Crippen molar-refractivity contribution in [2.45, 2.75) is 44.9 Å². The number of hydrogen-bond donors (Lipinski definition) is 2. The standard InChI is InChI=1S/C21H27ClN2O2/c22-18-3-1-14(2-4-18)5-6-23-19(25)13-24-20(26)21-10-15-7-16(11-21)9-17(8-15)12-21/h1-4,15-17H,5-13H2,(H,23,25)(H,24,26). The number of halogens is 1. The highest BCUT2D eigenvalue weighted by Gasteiger charge is 2.54. The molecular formula is C21H27ClN2O2. The summed E-state index contributed by atoms with van der Waals surface area (Å²) in [6.07, 6.45) is 7.80. The normalized spacial score (nSPS) is 31.7. The number of nitrogens with one attached hydrogen (secondary N) is 2. The monoisotopic (exact) mass is 374 g/mol. The smallest absolute Gasteiger partial charge is 0.239 e. The van der Waals surface area contributed by atoms with Crippen LogP contribution in [0.4, 0.5) is 0 Å². The Morgan fingerprint density at radius 2 is 1.54 bits per heavy atom. The van der Waals surface area contributed by atoms with Crippen LogP contribution >= 0.6 is 11.6 Å². The molecule has 0 unspecified atom stereocenters. The van der Waals surface area contributed by atoms with Gasteiger partial charge in [0, 0.05) is 17.0 Å². The Bertz CT molecular complexity index is 650. The van der Waals surface area contributed by atoms with Crippen molar-refractivity contribution >= 4 is 23.4 Å². The molecule has 2 N–H and O–H groups in total. The Labute approximate surface area is 160 Å². The summed E-state index contributed by atoms with van der Waals surface area (Å²) in [6, 6.07) is 7.63. The topological polar surface area (TPSA) is 58.2 Å². The molecule has 0 heterocycles. The molecule has 0 aliphatic heterocycles. The fourth-order valence-corrected chi connectivity index (χ4v) is 5.92. The molecule has 1 aromatic rings. The maximum Gasteiger partial charge on any atom is 0.239 e. The van der Waals surface area contributed by atoms with Crippen LogP contribution in [0, 0.1) is 23.2 Å². The van der Waals surface area contributed by atoms with Gasteiger partial charge in [-0.1, -0.05) is 23.7 Å². The zero-order valence-corrected chi connectivity index (χ0v) is 15.9. The van der Waals surface area contributed by atoms with Gasteiger partial charge in [-0.3, -0.25) is 9.59 Å². The lowest BCUT2D eigenvalue weighted by molar-refractivity contribution is -0.147. The van der Waals surface area contributed by atoms with Crippen molar-refractivity contribution in [3.05, 3.63) is 34.9 Å². The Morgan fingerprint density at radius 1 is 0.962 bits per heavy atom. The number of amides is 2. The summed E-state index contributed by atoms with van der Waals surface area (Å²) in [6.45, 7) is 0.648. The van der Waals surface area contributed by atoms with E-state index in [-0.39, 0.29) is 23.8 Å². The highest BCUT2D eigenvalue weighted by atomic mass is 35.5. The quantitative estimate of drug-likeness (QED) is 0.802. The van der Waals surface area contributed by atoms with Crippen LogP contribution in [0.3, 0.4) is 0 Å². The lowest BCUT2D eigenvalue weighted by Crippen LogP contribution is -2.54. The minimum absolute atomic E-state index is 0.0845. The van der Waals surface area contributed by atoms with Gasteiger partial charge in [0.1, 0.15) is 0 Å². The summed E-state index contributed by atoms with van der Waals surface area (Å²) in [5, 5.41) is 6.53. The molecular weight excluding hydrogens is 348 g/mol. The SMILES string of the molecule is O=C(CNC(=O)C12CC3CC(CC(C3)C1)C2)NCCc1ccc(Cl)cc1. The first kappa shape index (κ1) is 17.8. The van der Waals surface area contributed by atoms with Crippen molar-refractivity contribution in [3.8, 4) is 0 Å². The van der Waals surface area contributed by atoms with Gasteiger partial charge in [-0.2, -0.15) is 0 Å². The minimum atomic E-state index is -0.182. The predicted octanol–water partition coefficient (Wildman–Crippen LogP) is 3.33. The van der Waals surface area contributed by atoms with Crippen LogP contribution in [0.5, 0.6) is 0 Å². The molecule has 0 radical (unpaired) electrons. The van der Waals surface area contributed by atoms with E-state index in [2.05, 4.69) is 10.6 Å². The molecule has 2 amide bonds. The number of benzene rings is 1. The minimum Gasteiger partial charge on any atom is -0.354 e. The molecule has 4 aliphatic rings. The first-order valence-electron chi connectivity index (χ1n) is 9.82. The summed E-state index contributed by atoms with van der Waals surface area (Å²) in [5.41, 5.74) is 0.950. The van der Waals surface area contributed by atoms with Gasteiger partial charge < -0.3 is 10.6 Å². The van der Waals surface area contributed by atoms with Crippen LogP contribution < -0.4 is 10.6 Å². The van der Waals surface area contributed by atoms with Crippen LogP contribution in [-0.4, -0.2) is 24.9 Å². The van der Waals surface area contributed by atoms with Gasteiger partial charge in [-0.25, -0.2) is 0 Å². The third-order valence-corrected chi connectivity index (χ3v) is 6.83. The summed E-state index contributed by atoms with van der Waals surface area (Å²) >= 11 is 5.87. The second-order valence-electron chi connectivity index (χ2n) is 8.61. The van der Waals surface area contributed by atoms with Crippen LogP contribution in [0.15, 0.2) is 24.3 Å². The Balaban J connectivity index is 1.22. The number of carbonyl (C=O) groups excluding carboxylic acids is 2. The molecule has 4 saturated carbocycles. The van der Waals surface area contributed by atoms with Crippen molar-refractivity contribution in [1.82, 2.24) is 10.6 Å². The van der Waals surface area contributed by atoms with Gasteiger partial charge in [0.15, 0.2) is 0 Å². The van der Waals surface area contributed by atoms with Crippen LogP contribution in [-0.2, 0) is 16.0 Å². The Kier molecular flexibility index (Phi) is 4.96. The maximum absolute atomic E-state index is 12.8. The van der Waals surface area contributed by atoms with Gasteiger partial charge in [-0.05, 0) is 80.4 Å². The Hall–Kier alpha value is -1.55. The fraction of sp³-hybridized carbons (Fsp3) is 0.619. The molecule has 140 valence electrons. The van der Waals surface area contributed by atoms with E-state index in [1.807, 2.05) is 24.3 Å². The first-order chi connectivity index (χ1) is 12.5. The predicted molar refractivity (Wildman–Crippen MR) is 102 cm³/mol. The summed E-state index contributed by atoms with van der Waals surface area (Å²) in [7, 11) is 0. The van der Waals surface area contributed by atoms with E-state index in [9.17, 15) is 9.59 Å². The van der Waals surface area contributed by atoms with E-state index >= 15 is 0 Å². The fourth-order valence-electron chi connectivity index (χ4n) is 5.80. The maximum atomic E-state index is 12.8. The van der Waals surface area contributed by atoms with E-state index in [0.717, 1.165) is 49.0 Å². The Morgan fingerprint density at radius 3 is 2.12 bits per heavy atom. The van der Waals surface area contributed by atoms with E-state index in [1.54, 1.807) is 0 Å². The van der Waals surface area contributed by atoms with Gasteiger partial charge in [0.05, 0.1) is 6.54 Å². The van der Waals surface area contributed by atoms with Crippen molar-refractivity contribution in [3.63, 3.8) is 0 Å². The first-order valence-corrected chi connectivity index (χ1v) is 10.2. The number of rotatable bonds is 6. The molecule has 4 bridgehead atoms. The van der Waals surface area contributed by atoms with Gasteiger partial charge in [0.25, 0.3) is 0 Å². The van der Waals surface area contributed by atoms with Crippen LogP contribution in [0.25, 0.3) is 0 Å². The van der Waals surface area contributed by atoms with Crippen molar-refractivity contribution in [2.75, 3.05) is 13.1 Å². The molecule has 1 aromatic carbocycles. The number of hydrogen-bond acceptors (Lipinski definition) is 2. The second kappa shape index (κ2) is 7.22. The average Bonchev–Trinajstić information content (AvgIpc) is 2.60. The van der Waals surface area contributed by atoms with E-state index in [1.165, 1.54) is 19.3 Å². The molecule has 0 spiro atoms. The lowest BCUT2D eigenvalue weighted by Gasteiger charge is -2.55. The van der Waals surface area contributed by atoms with Gasteiger partial charge in [0.2, 0.25) is 11.8 Å². The van der Waals surface area contributed by atoms with E-state index in [0.29, 0.717) is 11.6 Å². The van der Waals surface area contributed by atoms with Crippen molar-refractivity contribution in [2.24, 2.45) is 23.2 Å². The van der Waals surface area contributed by atoms with Crippen LogP contribution in [0.1, 0.15) is 44.1 Å². The molecule has 0 atom stereocenters. The second-order valence-corrected chi connectivity index (χ2v) is 9.04. The molecule has 4 nitrogen and oxygen atoms in total. The molecule has 26 heavy (non-hydrogen) atoms. The molecule has 4 aliphatic carbocycles. The molecule has 0 saturated heterocycles. The highest BCUT2D eigenvalue weighted by Crippen LogP contribution is 2.60. The van der Waals surface area contributed by atoms with Crippen molar-refractivity contribution < 1.29 is 9.59 Å².